The number of aromatic nitrogens is 1. The van der Waals surface area contributed by atoms with Crippen LogP contribution in [0.25, 0.3) is 0 Å². The maximum atomic E-state index is 10.5. The highest BCUT2D eigenvalue weighted by Gasteiger charge is 2.12. The lowest BCUT2D eigenvalue weighted by Gasteiger charge is -2.00. The van der Waals surface area contributed by atoms with Gasteiger partial charge in [-0.15, -0.1) is 11.8 Å². The minimum Gasteiger partial charge on any atom is -0.258 e. The quantitative estimate of drug-likeness (QED) is 0.424. The number of aryl methyl sites for hydroxylation is 1. The molecule has 0 unspecified atom stereocenters. The van der Waals surface area contributed by atoms with Gasteiger partial charge in [0.15, 0.2) is 0 Å². The molecular formula is C8H10N2O2S. The van der Waals surface area contributed by atoms with Crippen LogP contribution in [0.1, 0.15) is 12.5 Å². The lowest BCUT2D eigenvalue weighted by atomic mass is 10.2. The Morgan fingerprint density at radius 2 is 2.38 bits per heavy atom. The predicted octanol–water partition coefficient (Wildman–Crippen LogP) is 2.27. The average Bonchev–Trinajstić information content (AvgIpc) is 2.16. The van der Waals surface area contributed by atoms with Gasteiger partial charge in [0, 0.05) is 5.56 Å². The Labute approximate surface area is 80.5 Å². The van der Waals surface area contributed by atoms with E-state index >= 15 is 0 Å². The third-order valence-corrected chi connectivity index (χ3v) is 2.37. The Bertz CT molecular complexity index is 328. The van der Waals surface area contributed by atoms with Crippen molar-refractivity contribution in [2.24, 2.45) is 0 Å². The van der Waals surface area contributed by atoms with Crippen molar-refractivity contribution >= 4 is 17.4 Å². The molecule has 0 atom stereocenters. The number of hydrogen-bond acceptors (Lipinski definition) is 4. The van der Waals surface area contributed by atoms with Gasteiger partial charge in [0.25, 0.3) is 5.69 Å². The molecule has 0 aromatic carbocycles. The maximum absolute atomic E-state index is 10.5. The summed E-state index contributed by atoms with van der Waals surface area (Å²) < 4.78 is 0. The van der Waals surface area contributed by atoms with Crippen LogP contribution in [0, 0.1) is 10.1 Å². The zero-order chi connectivity index (χ0) is 9.84. The van der Waals surface area contributed by atoms with Crippen LogP contribution < -0.4 is 0 Å². The SMILES string of the molecule is CCc1cc(SC)ncc1[N+](=O)[O-]. The summed E-state index contributed by atoms with van der Waals surface area (Å²) in [5.74, 6) is 0. The van der Waals surface area contributed by atoms with Crippen molar-refractivity contribution in [2.45, 2.75) is 18.4 Å². The number of hydrogen-bond donors (Lipinski definition) is 0. The molecule has 0 aliphatic carbocycles. The fourth-order valence-electron chi connectivity index (χ4n) is 1.03. The van der Waals surface area contributed by atoms with E-state index in [2.05, 4.69) is 4.98 Å². The smallest absolute Gasteiger partial charge is 0.258 e. The van der Waals surface area contributed by atoms with Crippen molar-refractivity contribution in [3.8, 4) is 0 Å². The Balaban J connectivity index is 3.15. The van der Waals surface area contributed by atoms with E-state index in [1.165, 1.54) is 18.0 Å². The average molecular weight is 198 g/mol. The van der Waals surface area contributed by atoms with Gasteiger partial charge in [0.2, 0.25) is 0 Å². The molecule has 0 aliphatic heterocycles. The highest BCUT2D eigenvalue weighted by Crippen LogP contribution is 2.22. The van der Waals surface area contributed by atoms with Gasteiger partial charge < -0.3 is 0 Å². The van der Waals surface area contributed by atoms with E-state index < -0.39 is 4.92 Å². The predicted molar refractivity (Wildman–Crippen MR) is 52.1 cm³/mol. The van der Waals surface area contributed by atoms with Crippen LogP contribution in [0.5, 0.6) is 0 Å². The molecule has 4 nitrogen and oxygen atoms in total. The molecule has 70 valence electrons. The van der Waals surface area contributed by atoms with Gasteiger partial charge in [-0.3, -0.25) is 10.1 Å². The molecule has 1 aromatic heterocycles. The van der Waals surface area contributed by atoms with E-state index in [1.54, 1.807) is 6.07 Å². The zero-order valence-corrected chi connectivity index (χ0v) is 8.30. The van der Waals surface area contributed by atoms with Gasteiger partial charge in [0.05, 0.1) is 9.95 Å². The highest BCUT2D eigenvalue weighted by molar-refractivity contribution is 7.98. The van der Waals surface area contributed by atoms with Crippen molar-refractivity contribution in [1.82, 2.24) is 4.98 Å². The summed E-state index contributed by atoms with van der Waals surface area (Å²) in [6, 6.07) is 1.77. The first-order valence-electron chi connectivity index (χ1n) is 3.86. The van der Waals surface area contributed by atoms with Crippen LogP contribution in [0.15, 0.2) is 17.3 Å². The molecule has 1 heterocycles. The largest absolute Gasteiger partial charge is 0.290 e. The number of pyridine rings is 1. The zero-order valence-electron chi connectivity index (χ0n) is 7.48. The molecule has 0 spiro atoms. The minimum absolute atomic E-state index is 0.111. The summed E-state index contributed by atoms with van der Waals surface area (Å²) in [6.45, 7) is 1.90. The maximum Gasteiger partial charge on any atom is 0.290 e. The summed E-state index contributed by atoms with van der Waals surface area (Å²) in [5, 5.41) is 11.4. The molecule has 0 fully saturated rings. The highest BCUT2D eigenvalue weighted by atomic mass is 32.2. The van der Waals surface area contributed by atoms with E-state index in [-0.39, 0.29) is 5.69 Å². The molecule has 5 heteroatoms. The second-order valence-electron chi connectivity index (χ2n) is 2.47. The summed E-state index contributed by atoms with van der Waals surface area (Å²) in [6.07, 6.45) is 3.88. The summed E-state index contributed by atoms with van der Waals surface area (Å²) in [7, 11) is 0. The van der Waals surface area contributed by atoms with Crippen LogP contribution in [0.4, 0.5) is 5.69 Å². The van der Waals surface area contributed by atoms with Crippen molar-refractivity contribution in [2.75, 3.05) is 6.26 Å². The van der Waals surface area contributed by atoms with Gasteiger partial charge in [-0.2, -0.15) is 0 Å². The van der Waals surface area contributed by atoms with E-state index in [0.717, 1.165) is 10.6 Å². The number of rotatable bonds is 3. The molecule has 0 aliphatic rings. The number of thioether (sulfide) groups is 1. The van der Waals surface area contributed by atoms with Crippen LogP contribution in [-0.4, -0.2) is 16.2 Å². The monoisotopic (exact) mass is 198 g/mol. The van der Waals surface area contributed by atoms with E-state index in [4.69, 9.17) is 0 Å². The van der Waals surface area contributed by atoms with Crippen LogP contribution in [0.3, 0.4) is 0 Å². The summed E-state index contributed by atoms with van der Waals surface area (Å²) >= 11 is 1.49. The van der Waals surface area contributed by atoms with Crippen LogP contribution in [-0.2, 0) is 6.42 Å². The second-order valence-corrected chi connectivity index (χ2v) is 3.29. The van der Waals surface area contributed by atoms with Crippen LogP contribution in [0.2, 0.25) is 0 Å². The molecule has 0 radical (unpaired) electrons. The fraction of sp³-hybridized carbons (Fsp3) is 0.375. The molecule has 0 amide bonds. The Hall–Kier alpha value is -1.10. The van der Waals surface area contributed by atoms with Crippen molar-refractivity contribution < 1.29 is 4.92 Å². The second kappa shape index (κ2) is 4.23. The lowest BCUT2D eigenvalue weighted by molar-refractivity contribution is -0.385. The Kier molecular flexibility index (Phi) is 3.25. The summed E-state index contributed by atoms with van der Waals surface area (Å²) in [5.41, 5.74) is 0.852. The molecule has 0 saturated heterocycles. The number of nitro groups is 1. The van der Waals surface area contributed by atoms with Crippen molar-refractivity contribution in [1.29, 1.82) is 0 Å². The Morgan fingerprint density at radius 1 is 1.69 bits per heavy atom. The van der Waals surface area contributed by atoms with Gasteiger partial charge in [0.1, 0.15) is 6.20 Å². The molecule has 13 heavy (non-hydrogen) atoms. The topological polar surface area (TPSA) is 56.0 Å². The van der Waals surface area contributed by atoms with Gasteiger partial charge in [-0.1, -0.05) is 6.92 Å². The first-order chi connectivity index (χ1) is 6.19. The molecule has 1 aromatic rings. The molecular weight excluding hydrogens is 188 g/mol. The normalized spacial score (nSPS) is 10.0. The van der Waals surface area contributed by atoms with E-state index in [0.29, 0.717) is 6.42 Å². The Morgan fingerprint density at radius 3 is 2.85 bits per heavy atom. The molecule has 1 rings (SSSR count). The first-order valence-corrected chi connectivity index (χ1v) is 5.08. The molecule has 0 saturated carbocycles. The van der Waals surface area contributed by atoms with E-state index in [1.807, 2.05) is 13.2 Å². The standard InChI is InChI=1S/C8H10N2O2S/c1-3-6-4-8(13-2)9-5-7(6)10(11)12/h4-5H,3H2,1-2H3. The fourth-order valence-corrected chi connectivity index (χ4v) is 1.45. The van der Waals surface area contributed by atoms with Gasteiger partial charge in [-0.25, -0.2) is 4.98 Å². The minimum atomic E-state index is -0.393. The van der Waals surface area contributed by atoms with Gasteiger partial charge >= 0.3 is 0 Å². The summed E-state index contributed by atoms with van der Waals surface area (Å²) in [4.78, 5) is 14.1. The lowest BCUT2D eigenvalue weighted by Crippen LogP contribution is -1.96. The molecule has 0 bridgehead atoms. The third kappa shape index (κ3) is 2.18. The van der Waals surface area contributed by atoms with Crippen molar-refractivity contribution in [3.63, 3.8) is 0 Å². The molecule has 0 N–H and O–H groups in total. The third-order valence-electron chi connectivity index (χ3n) is 1.73. The van der Waals surface area contributed by atoms with Crippen molar-refractivity contribution in [3.05, 3.63) is 27.9 Å². The number of nitrogens with zero attached hydrogens (tertiary/aromatic N) is 2. The van der Waals surface area contributed by atoms with Gasteiger partial charge in [-0.05, 0) is 18.7 Å². The van der Waals surface area contributed by atoms with Crippen LogP contribution >= 0.6 is 11.8 Å². The first kappa shape index (κ1) is 9.98. The van der Waals surface area contributed by atoms with E-state index in [9.17, 15) is 10.1 Å².